The van der Waals surface area contributed by atoms with E-state index >= 15 is 0 Å². The summed E-state index contributed by atoms with van der Waals surface area (Å²) in [5, 5.41) is 0. The minimum atomic E-state index is -0.479. The van der Waals surface area contributed by atoms with Crippen molar-refractivity contribution in [1.82, 2.24) is 4.90 Å². The first-order chi connectivity index (χ1) is 9.76. The third kappa shape index (κ3) is 4.13. The van der Waals surface area contributed by atoms with Crippen molar-refractivity contribution in [1.29, 1.82) is 0 Å². The molecule has 1 aliphatic rings. The van der Waals surface area contributed by atoms with Crippen molar-refractivity contribution in [2.24, 2.45) is 0 Å². The predicted molar refractivity (Wildman–Crippen MR) is 82.7 cm³/mol. The van der Waals surface area contributed by atoms with Crippen LogP contribution >= 0.6 is 0 Å². The molecule has 0 spiro atoms. The molecular weight excluding hydrogens is 266 g/mol. The maximum absolute atomic E-state index is 12.2. The highest BCUT2D eigenvalue weighted by Crippen LogP contribution is 2.27. The van der Waals surface area contributed by atoms with Gasteiger partial charge in [0.1, 0.15) is 18.0 Å². The van der Waals surface area contributed by atoms with Gasteiger partial charge in [-0.15, -0.1) is 0 Å². The fourth-order valence-electron chi connectivity index (χ4n) is 2.26. The van der Waals surface area contributed by atoms with Crippen molar-refractivity contribution in [2.75, 3.05) is 13.2 Å². The molecule has 0 saturated heterocycles. The average molecular weight is 291 g/mol. The van der Waals surface area contributed by atoms with Crippen LogP contribution in [0.3, 0.4) is 0 Å². The van der Waals surface area contributed by atoms with Gasteiger partial charge in [0.25, 0.3) is 0 Å². The lowest BCUT2D eigenvalue weighted by Crippen LogP contribution is -2.37. The average Bonchev–Trinajstić information content (AvgIpc) is 2.57. The van der Waals surface area contributed by atoms with Crippen LogP contribution in [0, 0.1) is 0 Å². The van der Waals surface area contributed by atoms with E-state index in [-0.39, 0.29) is 6.09 Å². The first kappa shape index (κ1) is 15.7. The number of rotatable bonds is 1. The van der Waals surface area contributed by atoms with Gasteiger partial charge < -0.3 is 14.4 Å². The van der Waals surface area contributed by atoms with Gasteiger partial charge in [-0.1, -0.05) is 26.0 Å². The van der Waals surface area contributed by atoms with Gasteiger partial charge in [-0.25, -0.2) is 4.79 Å². The van der Waals surface area contributed by atoms with Crippen molar-refractivity contribution < 1.29 is 14.3 Å². The minimum Gasteiger partial charge on any atom is -0.491 e. The molecule has 0 atom stereocenters. The molecule has 4 heteroatoms. The van der Waals surface area contributed by atoms with Crippen molar-refractivity contribution in [3.63, 3.8) is 0 Å². The zero-order valence-electron chi connectivity index (χ0n) is 13.6. The molecule has 0 saturated carbocycles. The number of nitrogens with zero attached hydrogens (tertiary/aromatic N) is 1. The van der Waals surface area contributed by atoms with Gasteiger partial charge in [0.2, 0.25) is 0 Å². The van der Waals surface area contributed by atoms with Crippen LogP contribution in [0.2, 0.25) is 0 Å². The molecule has 0 fully saturated rings. The van der Waals surface area contributed by atoms with Gasteiger partial charge in [-0.05, 0) is 38.3 Å². The first-order valence-electron chi connectivity index (χ1n) is 7.50. The van der Waals surface area contributed by atoms with Crippen LogP contribution in [0.5, 0.6) is 5.75 Å². The molecule has 1 aromatic rings. The van der Waals surface area contributed by atoms with Gasteiger partial charge in [0, 0.05) is 5.56 Å². The largest absolute Gasteiger partial charge is 0.491 e. The molecule has 1 aromatic carbocycles. The van der Waals surface area contributed by atoms with Gasteiger partial charge in [0.15, 0.2) is 0 Å². The fourth-order valence-corrected chi connectivity index (χ4v) is 2.26. The Hall–Kier alpha value is -1.71. The highest BCUT2D eigenvalue weighted by molar-refractivity contribution is 5.68. The van der Waals surface area contributed by atoms with Gasteiger partial charge in [-0.2, -0.15) is 0 Å². The number of ether oxygens (including phenoxy) is 2. The Kier molecular flexibility index (Phi) is 4.45. The van der Waals surface area contributed by atoms with E-state index in [1.165, 1.54) is 5.56 Å². The van der Waals surface area contributed by atoms with Crippen LogP contribution in [0.4, 0.5) is 4.79 Å². The summed E-state index contributed by atoms with van der Waals surface area (Å²) in [6.07, 6.45) is -0.283. The van der Waals surface area contributed by atoms with E-state index in [1.54, 1.807) is 4.90 Å². The molecular formula is C17H25NO3. The van der Waals surface area contributed by atoms with E-state index in [0.29, 0.717) is 25.6 Å². The summed E-state index contributed by atoms with van der Waals surface area (Å²) in [4.78, 5) is 14.0. The molecule has 0 radical (unpaired) electrons. The summed E-state index contributed by atoms with van der Waals surface area (Å²) >= 11 is 0. The van der Waals surface area contributed by atoms with Crippen LogP contribution in [-0.2, 0) is 11.3 Å². The van der Waals surface area contributed by atoms with E-state index in [2.05, 4.69) is 26.0 Å². The predicted octanol–water partition coefficient (Wildman–Crippen LogP) is 3.94. The monoisotopic (exact) mass is 291 g/mol. The standard InChI is InChI=1S/C17H25NO3/c1-12(2)13-6-7-15-14(10-13)11-18(8-9-20-15)16(19)21-17(3,4)5/h6-7,10,12H,8-9,11H2,1-5H3. The van der Waals surface area contributed by atoms with Crippen LogP contribution in [-0.4, -0.2) is 29.7 Å². The topological polar surface area (TPSA) is 38.8 Å². The summed E-state index contributed by atoms with van der Waals surface area (Å²) in [7, 11) is 0. The third-order valence-corrected chi connectivity index (χ3v) is 3.38. The highest BCUT2D eigenvalue weighted by atomic mass is 16.6. The van der Waals surface area contributed by atoms with E-state index in [0.717, 1.165) is 11.3 Å². The van der Waals surface area contributed by atoms with Crippen LogP contribution in [0.25, 0.3) is 0 Å². The molecule has 1 amide bonds. The fraction of sp³-hybridized carbons (Fsp3) is 0.588. The van der Waals surface area contributed by atoms with Crippen LogP contribution in [0.1, 0.15) is 51.7 Å². The number of hydrogen-bond donors (Lipinski definition) is 0. The molecule has 1 aliphatic heterocycles. The van der Waals surface area contributed by atoms with Crippen molar-refractivity contribution in [3.05, 3.63) is 29.3 Å². The maximum Gasteiger partial charge on any atom is 0.410 e. The normalized spacial score (nSPS) is 15.2. The molecule has 0 aromatic heterocycles. The van der Waals surface area contributed by atoms with Crippen molar-refractivity contribution >= 4 is 6.09 Å². The van der Waals surface area contributed by atoms with E-state index in [1.807, 2.05) is 26.8 Å². The van der Waals surface area contributed by atoms with Crippen LogP contribution < -0.4 is 4.74 Å². The maximum atomic E-state index is 12.2. The van der Waals surface area contributed by atoms with Gasteiger partial charge in [0.05, 0.1) is 13.1 Å². The van der Waals surface area contributed by atoms with Gasteiger partial charge >= 0.3 is 6.09 Å². The number of carbonyl (C=O) groups is 1. The van der Waals surface area contributed by atoms with Crippen molar-refractivity contribution in [2.45, 2.75) is 52.7 Å². The lowest BCUT2D eigenvalue weighted by atomic mass is 10.00. The van der Waals surface area contributed by atoms with Crippen LogP contribution in [0.15, 0.2) is 18.2 Å². The second-order valence-electron chi connectivity index (χ2n) is 6.77. The zero-order chi connectivity index (χ0) is 15.6. The first-order valence-corrected chi connectivity index (χ1v) is 7.50. The number of fused-ring (bicyclic) bond motifs is 1. The molecule has 0 unspecified atom stereocenters. The molecule has 21 heavy (non-hydrogen) atoms. The Morgan fingerprint density at radius 1 is 1.33 bits per heavy atom. The molecule has 116 valence electrons. The summed E-state index contributed by atoms with van der Waals surface area (Å²) in [6, 6.07) is 6.22. The molecule has 2 rings (SSSR count). The Morgan fingerprint density at radius 2 is 2.05 bits per heavy atom. The van der Waals surface area contributed by atoms with Crippen molar-refractivity contribution in [3.8, 4) is 5.75 Å². The summed E-state index contributed by atoms with van der Waals surface area (Å²) < 4.78 is 11.2. The molecule has 0 bridgehead atoms. The van der Waals surface area contributed by atoms with E-state index < -0.39 is 5.60 Å². The second-order valence-corrected chi connectivity index (χ2v) is 6.77. The Bertz CT molecular complexity index is 517. The molecule has 0 aliphatic carbocycles. The number of amides is 1. The minimum absolute atomic E-state index is 0.283. The summed E-state index contributed by atoms with van der Waals surface area (Å²) in [6.45, 7) is 11.5. The molecule has 4 nitrogen and oxygen atoms in total. The SMILES string of the molecule is CC(C)c1ccc2c(c1)CN(C(=O)OC(C)(C)C)CCO2. The van der Waals surface area contributed by atoms with E-state index in [4.69, 9.17) is 9.47 Å². The number of benzene rings is 1. The second kappa shape index (κ2) is 5.96. The number of carbonyl (C=O) groups excluding carboxylic acids is 1. The quantitative estimate of drug-likeness (QED) is 0.786. The third-order valence-electron chi connectivity index (χ3n) is 3.38. The Morgan fingerprint density at radius 3 is 2.67 bits per heavy atom. The summed E-state index contributed by atoms with van der Waals surface area (Å²) in [5.41, 5.74) is 1.82. The smallest absolute Gasteiger partial charge is 0.410 e. The van der Waals surface area contributed by atoms with Gasteiger partial charge in [-0.3, -0.25) is 0 Å². The summed E-state index contributed by atoms with van der Waals surface area (Å²) in [5.74, 6) is 1.32. The number of hydrogen-bond acceptors (Lipinski definition) is 3. The lowest BCUT2D eigenvalue weighted by Gasteiger charge is -2.26. The zero-order valence-corrected chi connectivity index (χ0v) is 13.6. The Balaban J connectivity index is 2.19. The molecule has 1 heterocycles. The highest BCUT2D eigenvalue weighted by Gasteiger charge is 2.25. The lowest BCUT2D eigenvalue weighted by molar-refractivity contribution is 0.0225. The van der Waals surface area contributed by atoms with E-state index in [9.17, 15) is 4.79 Å². The Labute approximate surface area is 127 Å². The molecule has 0 N–H and O–H groups in total.